The summed E-state index contributed by atoms with van der Waals surface area (Å²) in [5.74, 6) is 0.822. The molecule has 7 heteroatoms. The number of aromatic nitrogens is 2. The van der Waals surface area contributed by atoms with Crippen LogP contribution in [0.5, 0.6) is 0 Å². The van der Waals surface area contributed by atoms with Gasteiger partial charge >= 0.3 is 0 Å². The molecule has 1 aromatic heterocycles. The van der Waals surface area contributed by atoms with Crippen LogP contribution in [0.25, 0.3) is 0 Å². The van der Waals surface area contributed by atoms with E-state index in [-0.39, 0.29) is 0 Å². The molecule has 2 atom stereocenters. The molecule has 0 aliphatic carbocycles. The van der Waals surface area contributed by atoms with Crippen LogP contribution in [0.2, 0.25) is 0 Å². The molecule has 0 bridgehead atoms. The Hall–Kier alpha value is -0.920. The zero-order valence-electron chi connectivity index (χ0n) is 11.7. The van der Waals surface area contributed by atoms with Crippen LogP contribution < -0.4 is 5.32 Å². The monoisotopic (exact) mass is 286 g/mol. The first kappa shape index (κ1) is 14.5. The zero-order chi connectivity index (χ0) is 14.0. The predicted octanol–water partition coefficient (Wildman–Crippen LogP) is 0.379. The molecule has 2 rings (SSSR count). The second-order valence-corrected chi connectivity index (χ2v) is 7.26. The van der Waals surface area contributed by atoms with Crippen LogP contribution in [0.1, 0.15) is 13.8 Å². The second-order valence-electron chi connectivity index (χ2n) is 5.32. The maximum Gasteiger partial charge on any atom is 0.246 e. The van der Waals surface area contributed by atoms with E-state index < -0.39 is 10.0 Å². The minimum atomic E-state index is -3.38. The van der Waals surface area contributed by atoms with E-state index in [9.17, 15) is 8.42 Å². The Labute approximate surface area is 114 Å². The van der Waals surface area contributed by atoms with Gasteiger partial charge in [0.2, 0.25) is 10.0 Å². The highest BCUT2D eigenvalue weighted by Crippen LogP contribution is 2.27. The summed E-state index contributed by atoms with van der Waals surface area (Å²) >= 11 is 0. The molecule has 0 spiro atoms. The van der Waals surface area contributed by atoms with Crippen LogP contribution in [0.4, 0.5) is 0 Å². The van der Waals surface area contributed by atoms with Gasteiger partial charge in [0.15, 0.2) is 0 Å². The largest absolute Gasteiger partial charge is 0.318 e. The fourth-order valence-corrected chi connectivity index (χ4v) is 3.84. The van der Waals surface area contributed by atoms with E-state index in [0.717, 1.165) is 6.54 Å². The minimum absolute atomic E-state index is 0.296. The van der Waals surface area contributed by atoms with Crippen molar-refractivity contribution in [2.24, 2.45) is 11.8 Å². The van der Waals surface area contributed by atoms with Gasteiger partial charge in [0.25, 0.3) is 0 Å². The molecular formula is C12H22N4O2S. The summed E-state index contributed by atoms with van der Waals surface area (Å²) in [5, 5.41) is 7.11. The van der Waals surface area contributed by atoms with Crippen LogP contribution in [-0.4, -0.2) is 49.2 Å². The van der Waals surface area contributed by atoms with E-state index in [1.165, 1.54) is 6.20 Å². The van der Waals surface area contributed by atoms with Gasteiger partial charge in [-0.1, -0.05) is 13.8 Å². The summed E-state index contributed by atoms with van der Waals surface area (Å²) in [6, 6.07) is 0. The fourth-order valence-electron chi connectivity index (χ4n) is 2.25. The Morgan fingerprint density at radius 1 is 1.37 bits per heavy atom. The Morgan fingerprint density at radius 2 is 2.00 bits per heavy atom. The molecule has 1 aromatic rings. The lowest BCUT2D eigenvalue weighted by Crippen LogP contribution is -2.28. The summed E-state index contributed by atoms with van der Waals surface area (Å²) < 4.78 is 28.2. The van der Waals surface area contributed by atoms with Crippen molar-refractivity contribution in [3.8, 4) is 0 Å². The van der Waals surface area contributed by atoms with Gasteiger partial charge in [-0.25, -0.2) is 8.42 Å². The van der Waals surface area contributed by atoms with Crippen molar-refractivity contribution in [1.82, 2.24) is 19.4 Å². The quantitative estimate of drug-likeness (QED) is 0.850. The molecule has 0 radical (unpaired) electrons. The summed E-state index contributed by atoms with van der Waals surface area (Å²) in [6.45, 7) is 6.82. The van der Waals surface area contributed by atoms with Crippen molar-refractivity contribution in [2.75, 3.05) is 26.7 Å². The van der Waals surface area contributed by atoms with E-state index in [1.807, 2.05) is 7.05 Å². The number of sulfonamides is 1. The van der Waals surface area contributed by atoms with Crippen molar-refractivity contribution >= 4 is 10.0 Å². The molecule has 1 saturated heterocycles. The van der Waals surface area contributed by atoms with Crippen molar-refractivity contribution in [3.63, 3.8) is 0 Å². The number of likely N-dealkylation sites (N-methyl/N-ethyl adjacent to an activating group) is 1. The zero-order valence-corrected chi connectivity index (χ0v) is 12.5. The van der Waals surface area contributed by atoms with Crippen LogP contribution >= 0.6 is 0 Å². The molecule has 1 aliphatic rings. The van der Waals surface area contributed by atoms with Gasteiger partial charge in [0.05, 0.1) is 12.7 Å². The highest BCUT2D eigenvalue weighted by Gasteiger charge is 2.35. The number of hydrogen-bond donors (Lipinski definition) is 1. The molecule has 2 unspecified atom stereocenters. The maximum atomic E-state index is 12.5. The second kappa shape index (κ2) is 5.60. The van der Waals surface area contributed by atoms with Crippen molar-refractivity contribution in [1.29, 1.82) is 0 Å². The van der Waals surface area contributed by atoms with Crippen LogP contribution in [0.15, 0.2) is 17.3 Å². The minimum Gasteiger partial charge on any atom is -0.318 e. The van der Waals surface area contributed by atoms with Gasteiger partial charge in [-0.3, -0.25) is 4.68 Å². The lowest BCUT2D eigenvalue weighted by atomic mass is 10.0. The third-order valence-corrected chi connectivity index (χ3v) is 5.58. The SMILES string of the molecule is CNCCn1cc(S(=O)(=O)N2CC(C)C(C)C2)cn1. The number of hydrogen-bond acceptors (Lipinski definition) is 4. The van der Waals surface area contributed by atoms with E-state index >= 15 is 0 Å². The van der Waals surface area contributed by atoms with Crippen LogP contribution in [0.3, 0.4) is 0 Å². The first-order valence-corrected chi connectivity index (χ1v) is 8.06. The molecular weight excluding hydrogens is 264 g/mol. The maximum absolute atomic E-state index is 12.5. The van der Waals surface area contributed by atoms with Crippen LogP contribution in [0, 0.1) is 11.8 Å². The van der Waals surface area contributed by atoms with Gasteiger partial charge in [0.1, 0.15) is 4.90 Å². The summed E-state index contributed by atoms with van der Waals surface area (Å²) in [6.07, 6.45) is 3.05. The lowest BCUT2D eigenvalue weighted by Gasteiger charge is -2.14. The van der Waals surface area contributed by atoms with Gasteiger partial charge in [-0.05, 0) is 18.9 Å². The molecule has 0 amide bonds. The topological polar surface area (TPSA) is 67.2 Å². The molecule has 6 nitrogen and oxygen atoms in total. The lowest BCUT2D eigenvalue weighted by molar-refractivity contribution is 0.463. The molecule has 0 aromatic carbocycles. The summed E-state index contributed by atoms with van der Waals surface area (Å²) in [5.41, 5.74) is 0. The molecule has 108 valence electrons. The Kier molecular flexibility index (Phi) is 4.27. The van der Waals surface area contributed by atoms with E-state index in [4.69, 9.17) is 0 Å². The molecule has 1 N–H and O–H groups in total. The highest BCUT2D eigenvalue weighted by atomic mass is 32.2. The first-order chi connectivity index (χ1) is 8.95. The van der Waals surface area contributed by atoms with E-state index in [1.54, 1.807) is 15.2 Å². The third kappa shape index (κ3) is 2.98. The highest BCUT2D eigenvalue weighted by molar-refractivity contribution is 7.89. The predicted molar refractivity (Wildman–Crippen MR) is 73.2 cm³/mol. The van der Waals surface area contributed by atoms with Gasteiger partial charge < -0.3 is 5.32 Å². The van der Waals surface area contributed by atoms with Crippen molar-refractivity contribution in [2.45, 2.75) is 25.3 Å². The normalized spacial score (nSPS) is 25.0. The average Bonchev–Trinajstić information content (AvgIpc) is 2.95. The molecule has 1 aliphatic heterocycles. The smallest absolute Gasteiger partial charge is 0.246 e. The third-order valence-electron chi connectivity index (χ3n) is 3.79. The number of nitrogens with zero attached hydrogens (tertiary/aromatic N) is 3. The Morgan fingerprint density at radius 3 is 2.58 bits per heavy atom. The van der Waals surface area contributed by atoms with Crippen molar-refractivity contribution < 1.29 is 8.42 Å². The Bertz CT molecular complexity index is 516. The standard InChI is InChI=1S/C12H22N4O2S/c1-10-7-16(8-11(10)2)19(17,18)12-6-14-15(9-12)5-4-13-3/h6,9-11,13H,4-5,7-8H2,1-3H3. The fraction of sp³-hybridized carbons (Fsp3) is 0.750. The van der Waals surface area contributed by atoms with Gasteiger partial charge in [0, 0.05) is 25.8 Å². The van der Waals surface area contributed by atoms with E-state index in [0.29, 0.717) is 36.4 Å². The van der Waals surface area contributed by atoms with Gasteiger partial charge in [-0.15, -0.1) is 0 Å². The van der Waals surface area contributed by atoms with Crippen LogP contribution in [-0.2, 0) is 16.6 Å². The summed E-state index contributed by atoms with van der Waals surface area (Å²) in [7, 11) is -1.52. The number of nitrogens with one attached hydrogen (secondary N) is 1. The van der Waals surface area contributed by atoms with Gasteiger partial charge in [-0.2, -0.15) is 9.40 Å². The average molecular weight is 286 g/mol. The van der Waals surface area contributed by atoms with E-state index in [2.05, 4.69) is 24.3 Å². The number of rotatable bonds is 5. The molecule has 2 heterocycles. The van der Waals surface area contributed by atoms with Crippen molar-refractivity contribution in [3.05, 3.63) is 12.4 Å². The molecule has 1 fully saturated rings. The Balaban J connectivity index is 2.14. The molecule has 19 heavy (non-hydrogen) atoms. The molecule has 0 saturated carbocycles. The first-order valence-electron chi connectivity index (χ1n) is 6.62. The summed E-state index contributed by atoms with van der Waals surface area (Å²) in [4.78, 5) is 0.296.